The summed E-state index contributed by atoms with van der Waals surface area (Å²) in [6, 6.07) is 16.6. The maximum atomic E-state index is 13.2. The molecule has 0 unspecified atom stereocenters. The predicted octanol–water partition coefficient (Wildman–Crippen LogP) is 1.84. The third kappa shape index (κ3) is 5.45. The molecule has 7 heteroatoms. The fourth-order valence-corrected chi connectivity index (χ4v) is 3.18. The molecule has 0 radical (unpaired) electrons. The number of halogens is 1. The smallest absolute Gasteiger partial charge is 0.242 e. The van der Waals surface area contributed by atoms with Crippen LogP contribution in [-0.4, -0.2) is 56.5 Å². The van der Waals surface area contributed by atoms with Gasteiger partial charge in [-0.05, 0) is 29.8 Å². The number of rotatable bonds is 5. The molecule has 1 aliphatic heterocycles. The van der Waals surface area contributed by atoms with Crippen molar-refractivity contribution in [3.05, 3.63) is 66.0 Å². The summed E-state index contributed by atoms with van der Waals surface area (Å²) in [5.41, 5.74) is 2.00. The molecule has 1 amide bonds. The van der Waals surface area contributed by atoms with E-state index in [0.29, 0.717) is 25.6 Å². The lowest BCUT2D eigenvalue weighted by Gasteiger charge is -2.36. The fraction of sp³-hybridized carbons (Fsp3) is 0.333. The van der Waals surface area contributed by atoms with Crippen LogP contribution in [0.25, 0.3) is 0 Å². The molecule has 0 spiro atoms. The van der Waals surface area contributed by atoms with Gasteiger partial charge in [0.2, 0.25) is 5.91 Å². The van der Waals surface area contributed by atoms with Gasteiger partial charge in [-0.3, -0.25) is 9.79 Å². The highest BCUT2D eigenvalue weighted by atomic mass is 19.1. The van der Waals surface area contributed by atoms with Crippen molar-refractivity contribution in [2.75, 3.05) is 44.7 Å². The number of piperazine rings is 1. The highest BCUT2D eigenvalue weighted by Gasteiger charge is 2.21. The van der Waals surface area contributed by atoms with Gasteiger partial charge in [0, 0.05) is 45.5 Å². The summed E-state index contributed by atoms with van der Waals surface area (Å²) in [7, 11) is 1.64. The van der Waals surface area contributed by atoms with E-state index in [2.05, 4.69) is 32.7 Å². The van der Waals surface area contributed by atoms with E-state index in [9.17, 15) is 9.18 Å². The fourth-order valence-electron chi connectivity index (χ4n) is 3.18. The average molecular weight is 383 g/mol. The molecule has 148 valence electrons. The van der Waals surface area contributed by atoms with Crippen molar-refractivity contribution in [1.29, 1.82) is 0 Å². The molecular weight excluding hydrogens is 357 g/mol. The van der Waals surface area contributed by atoms with E-state index >= 15 is 0 Å². The lowest BCUT2D eigenvalue weighted by molar-refractivity contribution is -0.130. The summed E-state index contributed by atoms with van der Waals surface area (Å²) >= 11 is 0. The van der Waals surface area contributed by atoms with Gasteiger partial charge in [0.25, 0.3) is 0 Å². The first kappa shape index (κ1) is 19.7. The Morgan fingerprint density at radius 1 is 1.04 bits per heavy atom. The topological polar surface area (TPSA) is 60.0 Å². The van der Waals surface area contributed by atoms with Crippen LogP contribution in [0.2, 0.25) is 0 Å². The van der Waals surface area contributed by atoms with Gasteiger partial charge in [-0.2, -0.15) is 0 Å². The number of aliphatic imine (C=N–C) groups is 1. The second kappa shape index (κ2) is 9.73. The quantitative estimate of drug-likeness (QED) is 0.611. The average Bonchev–Trinajstić information content (AvgIpc) is 2.74. The number of para-hydroxylation sites is 1. The number of benzene rings is 2. The van der Waals surface area contributed by atoms with E-state index in [-0.39, 0.29) is 18.3 Å². The number of anilines is 1. The van der Waals surface area contributed by atoms with E-state index in [0.717, 1.165) is 18.7 Å². The Balaban J connectivity index is 1.42. The monoisotopic (exact) mass is 383 g/mol. The third-order valence-electron chi connectivity index (χ3n) is 4.73. The molecule has 2 aromatic rings. The summed E-state index contributed by atoms with van der Waals surface area (Å²) in [6.45, 7) is 3.65. The molecule has 1 heterocycles. The number of amides is 1. The lowest BCUT2D eigenvalue weighted by atomic mass is 10.2. The molecule has 1 aliphatic rings. The van der Waals surface area contributed by atoms with Crippen molar-refractivity contribution < 1.29 is 9.18 Å². The van der Waals surface area contributed by atoms with Crippen molar-refractivity contribution in [3.63, 3.8) is 0 Å². The summed E-state index contributed by atoms with van der Waals surface area (Å²) < 4.78 is 13.2. The number of carbonyl (C=O) groups excluding carboxylic acids is 1. The Morgan fingerprint density at radius 2 is 1.79 bits per heavy atom. The van der Waals surface area contributed by atoms with Crippen molar-refractivity contribution in [2.45, 2.75) is 6.54 Å². The number of hydrogen-bond donors (Lipinski definition) is 2. The van der Waals surface area contributed by atoms with E-state index in [1.807, 2.05) is 29.2 Å². The minimum Gasteiger partial charge on any atom is -0.368 e. The zero-order chi connectivity index (χ0) is 19.8. The highest BCUT2D eigenvalue weighted by Crippen LogP contribution is 2.15. The SMILES string of the molecule is CN=C(NCC(=O)N1CCN(c2ccccc2)CC1)NCc1cccc(F)c1. The van der Waals surface area contributed by atoms with Crippen molar-refractivity contribution >= 4 is 17.6 Å². The van der Waals surface area contributed by atoms with Gasteiger partial charge in [-0.25, -0.2) is 4.39 Å². The predicted molar refractivity (Wildman–Crippen MR) is 110 cm³/mol. The van der Waals surface area contributed by atoms with E-state index < -0.39 is 0 Å². The van der Waals surface area contributed by atoms with Crippen molar-refractivity contribution in [3.8, 4) is 0 Å². The van der Waals surface area contributed by atoms with Gasteiger partial charge in [0.05, 0.1) is 6.54 Å². The molecule has 6 nitrogen and oxygen atoms in total. The zero-order valence-corrected chi connectivity index (χ0v) is 16.1. The molecule has 0 aromatic heterocycles. The molecule has 2 N–H and O–H groups in total. The maximum Gasteiger partial charge on any atom is 0.242 e. The molecule has 3 rings (SSSR count). The molecule has 28 heavy (non-hydrogen) atoms. The summed E-state index contributed by atoms with van der Waals surface area (Å²) in [5, 5.41) is 6.13. The third-order valence-corrected chi connectivity index (χ3v) is 4.73. The first-order chi connectivity index (χ1) is 13.7. The normalized spacial score (nSPS) is 14.7. The summed E-state index contributed by atoms with van der Waals surface area (Å²) in [5.74, 6) is 0.286. The zero-order valence-electron chi connectivity index (χ0n) is 16.1. The standard InChI is InChI=1S/C21H26FN5O/c1-23-21(24-15-17-6-5-7-18(22)14-17)25-16-20(28)27-12-10-26(11-13-27)19-8-3-2-4-9-19/h2-9,14H,10-13,15-16H2,1H3,(H2,23,24,25). The highest BCUT2D eigenvalue weighted by molar-refractivity contribution is 5.86. The summed E-state index contributed by atoms with van der Waals surface area (Å²) in [4.78, 5) is 20.8. The van der Waals surface area contributed by atoms with Crippen LogP contribution in [0.4, 0.5) is 10.1 Å². The lowest BCUT2D eigenvalue weighted by Crippen LogP contribution is -2.52. The van der Waals surface area contributed by atoms with Gasteiger partial charge < -0.3 is 20.4 Å². The largest absolute Gasteiger partial charge is 0.368 e. The Kier molecular flexibility index (Phi) is 6.84. The van der Waals surface area contributed by atoms with Crippen LogP contribution in [0, 0.1) is 5.82 Å². The van der Waals surface area contributed by atoms with E-state index in [4.69, 9.17) is 0 Å². The first-order valence-corrected chi connectivity index (χ1v) is 9.42. The second-order valence-electron chi connectivity index (χ2n) is 6.61. The molecule has 0 atom stereocenters. The van der Waals surface area contributed by atoms with Gasteiger partial charge >= 0.3 is 0 Å². The molecular formula is C21H26FN5O. The van der Waals surface area contributed by atoms with Crippen LogP contribution in [-0.2, 0) is 11.3 Å². The number of guanidine groups is 1. The number of nitrogens with zero attached hydrogens (tertiary/aromatic N) is 3. The van der Waals surface area contributed by atoms with Crippen LogP contribution in [0.1, 0.15) is 5.56 Å². The number of carbonyl (C=O) groups is 1. The Bertz CT molecular complexity index is 803. The van der Waals surface area contributed by atoms with Gasteiger partial charge in [0.1, 0.15) is 5.82 Å². The van der Waals surface area contributed by atoms with E-state index in [1.54, 1.807) is 13.1 Å². The number of nitrogens with one attached hydrogen (secondary N) is 2. The minimum atomic E-state index is -0.271. The first-order valence-electron chi connectivity index (χ1n) is 9.42. The van der Waals surface area contributed by atoms with Crippen LogP contribution in [0.15, 0.2) is 59.6 Å². The van der Waals surface area contributed by atoms with Crippen LogP contribution in [0.5, 0.6) is 0 Å². The van der Waals surface area contributed by atoms with Gasteiger partial charge in [-0.1, -0.05) is 30.3 Å². The Morgan fingerprint density at radius 3 is 2.46 bits per heavy atom. The Labute approximate surface area is 165 Å². The molecule has 0 bridgehead atoms. The van der Waals surface area contributed by atoms with Crippen molar-refractivity contribution in [2.24, 2.45) is 4.99 Å². The summed E-state index contributed by atoms with van der Waals surface area (Å²) in [6.07, 6.45) is 0. The van der Waals surface area contributed by atoms with Gasteiger partial charge in [0.15, 0.2) is 5.96 Å². The maximum absolute atomic E-state index is 13.2. The number of hydrogen-bond acceptors (Lipinski definition) is 3. The van der Waals surface area contributed by atoms with Crippen molar-refractivity contribution in [1.82, 2.24) is 15.5 Å². The molecule has 0 saturated carbocycles. The molecule has 1 fully saturated rings. The molecule has 0 aliphatic carbocycles. The Hall–Kier alpha value is -3.09. The second-order valence-corrected chi connectivity index (χ2v) is 6.61. The molecule has 2 aromatic carbocycles. The minimum absolute atomic E-state index is 0.0430. The van der Waals surface area contributed by atoms with Gasteiger partial charge in [-0.15, -0.1) is 0 Å². The van der Waals surface area contributed by atoms with E-state index in [1.165, 1.54) is 17.8 Å². The van der Waals surface area contributed by atoms with Crippen LogP contribution < -0.4 is 15.5 Å². The van der Waals surface area contributed by atoms with Crippen LogP contribution in [0.3, 0.4) is 0 Å². The molecule has 1 saturated heterocycles. The van der Waals surface area contributed by atoms with Crippen LogP contribution >= 0.6 is 0 Å².